The highest BCUT2D eigenvalue weighted by Gasteiger charge is 2.25. The Balaban J connectivity index is 1.56. The number of amides is 1. The van der Waals surface area contributed by atoms with Crippen molar-refractivity contribution in [2.75, 3.05) is 44.5 Å². The summed E-state index contributed by atoms with van der Waals surface area (Å²) in [5, 5.41) is 10.9. The molecule has 0 radical (unpaired) electrons. The standard InChI is InChI=1S/C22H25Cl2N7O3/c1-13(12-33-3)34-21-16(20(32)28-19-17(23)5-4-6-18(19)24)8-25-22(29-21)27-14-7-26-31(9-14)15-10-30(2)11-15/h4-9,13,15H,10-12H2,1-3H3,(H,28,32)(H,25,27,29)/t13-/m1/s1. The van der Waals surface area contributed by atoms with Crippen LogP contribution in [0.15, 0.2) is 36.8 Å². The van der Waals surface area contributed by atoms with Crippen LogP contribution in [0.2, 0.25) is 10.0 Å². The highest BCUT2D eigenvalue weighted by molar-refractivity contribution is 6.40. The minimum atomic E-state index is -0.511. The van der Waals surface area contributed by atoms with Gasteiger partial charge in [-0.2, -0.15) is 10.1 Å². The summed E-state index contributed by atoms with van der Waals surface area (Å²) in [7, 11) is 3.63. The van der Waals surface area contributed by atoms with Gasteiger partial charge >= 0.3 is 0 Å². The van der Waals surface area contributed by atoms with E-state index in [2.05, 4.69) is 37.6 Å². The second-order valence-corrected chi connectivity index (χ2v) is 8.87. The molecule has 180 valence electrons. The van der Waals surface area contributed by atoms with Crippen molar-refractivity contribution in [1.82, 2.24) is 24.6 Å². The SMILES string of the molecule is COC[C@@H](C)Oc1nc(Nc2cnn(C3CN(C)C3)c2)ncc1C(=O)Nc1c(Cl)cccc1Cl. The van der Waals surface area contributed by atoms with Gasteiger partial charge in [-0.3, -0.25) is 9.48 Å². The molecule has 2 aromatic heterocycles. The van der Waals surface area contributed by atoms with Crippen molar-refractivity contribution in [3.8, 4) is 5.88 Å². The van der Waals surface area contributed by atoms with Crippen LogP contribution < -0.4 is 15.4 Å². The molecule has 10 nitrogen and oxygen atoms in total. The van der Waals surface area contributed by atoms with Gasteiger partial charge in [0.1, 0.15) is 11.7 Å². The lowest BCUT2D eigenvalue weighted by Crippen LogP contribution is -2.45. The van der Waals surface area contributed by atoms with Crippen LogP contribution in [-0.2, 0) is 4.74 Å². The monoisotopic (exact) mass is 505 g/mol. The molecule has 1 fully saturated rings. The number of nitrogens with zero attached hydrogens (tertiary/aromatic N) is 5. The summed E-state index contributed by atoms with van der Waals surface area (Å²) in [6.07, 6.45) is 4.63. The molecule has 0 aliphatic carbocycles. The molecule has 4 rings (SSSR count). The van der Waals surface area contributed by atoms with Crippen LogP contribution >= 0.6 is 23.2 Å². The Bertz CT molecular complexity index is 1150. The van der Waals surface area contributed by atoms with Crippen LogP contribution in [-0.4, -0.2) is 70.5 Å². The highest BCUT2D eigenvalue weighted by Crippen LogP contribution is 2.31. The molecule has 1 atom stereocenters. The van der Waals surface area contributed by atoms with E-state index < -0.39 is 5.91 Å². The van der Waals surface area contributed by atoms with Crippen molar-refractivity contribution in [3.05, 3.63) is 52.4 Å². The smallest absolute Gasteiger partial charge is 0.262 e. The number of methoxy groups -OCH3 is 1. The Morgan fingerprint density at radius 2 is 2.00 bits per heavy atom. The summed E-state index contributed by atoms with van der Waals surface area (Å²) in [6.45, 7) is 4.02. The molecule has 1 aromatic carbocycles. The zero-order valence-electron chi connectivity index (χ0n) is 19.0. The van der Waals surface area contributed by atoms with Crippen molar-refractivity contribution in [2.24, 2.45) is 0 Å². The van der Waals surface area contributed by atoms with E-state index in [4.69, 9.17) is 32.7 Å². The number of nitrogens with one attached hydrogen (secondary N) is 2. The number of hydrogen-bond acceptors (Lipinski definition) is 8. The molecule has 0 saturated carbocycles. The van der Waals surface area contributed by atoms with Crippen molar-refractivity contribution in [1.29, 1.82) is 0 Å². The molecule has 34 heavy (non-hydrogen) atoms. The fraction of sp³-hybridized carbons (Fsp3) is 0.364. The van der Waals surface area contributed by atoms with Gasteiger partial charge in [-0.15, -0.1) is 0 Å². The molecule has 0 spiro atoms. The van der Waals surface area contributed by atoms with E-state index in [9.17, 15) is 4.79 Å². The first-order valence-electron chi connectivity index (χ1n) is 10.6. The Morgan fingerprint density at radius 3 is 2.68 bits per heavy atom. The number of likely N-dealkylation sites (tertiary alicyclic amines) is 1. The van der Waals surface area contributed by atoms with Gasteiger partial charge in [0.15, 0.2) is 0 Å². The van der Waals surface area contributed by atoms with E-state index in [1.807, 2.05) is 17.8 Å². The zero-order valence-corrected chi connectivity index (χ0v) is 20.5. The number of anilines is 3. The minimum absolute atomic E-state index is 0.0933. The van der Waals surface area contributed by atoms with E-state index in [0.29, 0.717) is 28.4 Å². The van der Waals surface area contributed by atoms with Crippen LogP contribution in [0.25, 0.3) is 0 Å². The summed E-state index contributed by atoms with van der Waals surface area (Å²) < 4.78 is 13.0. The van der Waals surface area contributed by atoms with Gasteiger partial charge in [-0.25, -0.2) is 4.98 Å². The quantitative estimate of drug-likeness (QED) is 0.451. The summed E-state index contributed by atoms with van der Waals surface area (Å²) in [5.41, 5.74) is 1.14. The first-order valence-corrected chi connectivity index (χ1v) is 11.4. The van der Waals surface area contributed by atoms with E-state index in [0.717, 1.165) is 18.8 Å². The van der Waals surface area contributed by atoms with Crippen molar-refractivity contribution in [2.45, 2.75) is 19.1 Å². The average Bonchev–Trinajstić information content (AvgIpc) is 3.22. The fourth-order valence-electron chi connectivity index (χ4n) is 3.49. The molecule has 1 aliphatic rings. The van der Waals surface area contributed by atoms with Crippen molar-refractivity contribution in [3.63, 3.8) is 0 Å². The number of para-hydroxylation sites is 1. The van der Waals surface area contributed by atoms with Gasteiger partial charge in [0.05, 0.1) is 40.3 Å². The maximum Gasteiger partial charge on any atom is 0.262 e. The maximum atomic E-state index is 13.0. The fourth-order valence-corrected chi connectivity index (χ4v) is 3.99. The van der Waals surface area contributed by atoms with Gasteiger partial charge in [-0.1, -0.05) is 29.3 Å². The number of carbonyl (C=O) groups excluding carboxylic acids is 1. The number of likely N-dealkylation sites (N-methyl/N-ethyl adjacent to an activating group) is 1. The lowest BCUT2D eigenvalue weighted by Gasteiger charge is -2.36. The number of hydrogen-bond donors (Lipinski definition) is 2. The van der Waals surface area contributed by atoms with Gasteiger partial charge in [0, 0.05) is 32.6 Å². The molecule has 12 heteroatoms. The molecule has 1 amide bonds. The normalized spacial score (nSPS) is 15.0. The Hall–Kier alpha value is -2.92. The Labute approximate surface area is 207 Å². The van der Waals surface area contributed by atoms with E-state index >= 15 is 0 Å². The van der Waals surface area contributed by atoms with Gasteiger partial charge in [-0.05, 0) is 26.1 Å². The predicted octanol–water partition coefficient (Wildman–Crippen LogP) is 3.88. The number of carbonyl (C=O) groups is 1. The first-order chi connectivity index (χ1) is 16.3. The largest absolute Gasteiger partial charge is 0.472 e. The second-order valence-electron chi connectivity index (χ2n) is 8.06. The minimum Gasteiger partial charge on any atom is -0.472 e. The molecular weight excluding hydrogens is 481 g/mol. The number of aromatic nitrogens is 4. The third-order valence-corrected chi connectivity index (χ3v) is 5.82. The van der Waals surface area contributed by atoms with E-state index in [1.54, 1.807) is 31.5 Å². The predicted molar refractivity (Wildman–Crippen MR) is 130 cm³/mol. The zero-order chi connectivity index (χ0) is 24.2. The van der Waals surface area contributed by atoms with Crippen LogP contribution in [0.5, 0.6) is 5.88 Å². The maximum absolute atomic E-state index is 13.0. The molecule has 0 bridgehead atoms. The van der Waals surface area contributed by atoms with Crippen LogP contribution in [0, 0.1) is 0 Å². The topological polar surface area (TPSA) is 106 Å². The third-order valence-electron chi connectivity index (χ3n) is 5.19. The molecule has 1 aliphatic heterocycles. The van der Waals surface area contributed by atoms with E-state index in [-0.39, 0.29) is 23.5 Å². The molecular formula is C22H25Cl2N7O3. The number of ether oxygens (including phenoxy) is 2. The lowest BCUT2D eigenvalue weighted by atomic mass is 10.1. The summed E-state index contributed by atoms with van der Waals surface area (Å²) >= 11 is 12.4. The molecule has 3 aromatic rings. The van der Waals surface area contributed by atoms with Gasteiger partial charge in [0.2, 0.25) is 11.8 Å². The summed E-state index contributed by atoms with van der Waals surface area (Å²) in [6, 6.07) is 5.30. The second kappa shape index (κ2) is 10.6. The van der Waals surface area contributed by atoms with Crippen LogP contribution in [0.1, 0.15) is 23.3 Å². The van der Waals surface area contributed by atoms with Crippen LogP contribution in [0.4, 0.5) is 17.3 Å². The lowest BCUT2D eigenvalue weighted by molar-refractivity contribution is 0.0862. The van der Waals surface area contributed by atoms with Gasteiger partial charge in [0.25, 0.3) is 5.91 Å². The van der Waals surface area contributed by atoms with E-state index in [1.165, 1.54) is 6.20 Å². The third kappa shape index (κ3) is 5.58. The average molecular weight is 506 g/mol. The van der Waals surface area contributed by atoms with Crippen LogP contribution in [0.3, 0.4) is 0 Å². The molecule has 2 N–H and O–H groups in total. The molecule has 3 heterocycles. The highest BCUT2D eigenvalue weighted by atomic mass is 35.5. The van der Waals surface area contributed by atoms with Crippen molar-refractivity contribution >= 4 is 46.4 Å². The first kappa shape index (κ1) is 24.2. The summed E-state index contributed by atoms with van der Waals surface area (Å²) in [4.78, 5) is 24.0. The summed E-state index contributed by atoms with van der Waals surface area (Å²) in [5.74, 6) is -0.156. The molecule has 1 saturated heterocycles. The number of benzene rings is 1. The number of halogens is 2. The van der Waals surface area contributed by atoms with Gasteiger partial charge < -0.3 is 25.0 Å². The van der Waals surface area contributed by atoms with Crippen molar-refractivity contribution < 1.29 is 14.3 Å². The molecule has 0 unspecified atom stereocenters. The Kier molecular flexibility index (Phi) is 7.52. The number of rotatable bonds is 9. The Morgan fingerprint density at radius 1 is 1.26 bits per heavy atom.